The molecule has 0 fully saturated rings. The molecule has 0 saturated carbocycles. The predicted molar refractivity (Wildman–Crippen MR) is 98.3 cm³/mol. The van der Waals surface area contributed by atoms with Gasteiger partial charge in [-0.1, -0.05) is 25.7 Å². The van der Waals surface area contributed by atoms with E-state index in [1.165, 1.54) is 12.3 Å². The van der Waals surface area contributed by atoms with Gasteiger partial charge in [0.05, 0.1) is 22.7 Å². The van der Waals surface area contributed by atoms with Crippen LogP contribution >= 0.6 is 0 Å². The third-order valence-electron chi connectivity index (χ3n) is 4.76. The van der Waals surface area contributed by atoms with Crippen LogP contribution in [-0.4, -0.2) is 14.5 Å². The molecule has 0 spiro atoms. The van der Waals surface area contributed by atoms with Gasteiger partial charge in [0.1, 0.15) is 5.82 Å². The molecule has 0 unspecified atom stereocenters. The van der Waals surface area contributed by atoms with Crippen LogP contribution in [0.25, 0.3) is 10.9 Å². The summed E-state index contributed by atoms with van der Waals surface area (Å²) in [5.41, 5.74) is 1.73. The van der Waals surface area contributed by atoms with Crippen molar-refractivity contribution in [3.63, 3.8) is 0 Å². The van der Waals surface area contributed by atoms with Gasteiger partial charge in [0, 0.05) is 24.7 Å². The van der Waals surface area contributed by atoms with E-state index in [0.29, 0.717) is 28.6 Å². The molecule has 4 nitrogen and oxygen atoms in total. The Labute approximate surface area is 150 Å². The molecule has 26 heavy (non-hydrogen) atoms. The van der Waals surface area contributed by atoms with Gasteiger partial charge in [-0.3, -0.25) is 14.3 Å². The number of rotatable bonds is 0. The Balaban J connectivity index is 1.78. The minimum atomic E-state index is -0.450. The van der Waals surface area contributed by atoms with Gasteiger partial charge in [0.2, 0.25) is 0 Å². The van der Waals surface area contributed by atoms with Crippen molar-refractivity contribution in [1.82, 2.24) is 14.5 Å². The second kappa shape index (κ2) is 6.06. The van der Waals surface area contributed by atoms with E-state index >= 15 is 0 Å². The molecule has 4 rings (SSSR count). The lowest BCUT2D eigenvalue weighted by Crippen LogP contribution is -2.36. The lowest BCUT2D eigenvalue weighted by Gasteiger charge is -2.31. The molecule has 1 aliphatic rings. The summed E-state index contributed by atoms with van der Waals surface area (Å²) in [5.74, 6) is 6.12. The number of hydrogen-bond donors (Lipinski definition) is 0. The molecule has 0 atom stereocenters. The van der Waals surface area contributed by atoms with Crippen molar-refractivity contribution in [3.05, 3.63) is 69.8 Å². The van der Waals surface area contributed by atoms with Gasteiger partial charge in [0.15, 0.2) is 5.82 Å². The van der Waals surface area contributed by atoms with E-state index in [-0.39, 0.29) is 11.0 Å². The molecular formula is C21H18FN3O. The van der Waals surface area contributed by atoms with Crippen LogP contribution in [0.4, 0.5) is 4.39 Å². The van der Waals surface area contributed by atoms with E-state index in [2.05, 4.69) is 35.7 Å². The standard InChI is InChI=1S/C21H18FN3O/c1-21(2)9-7-19-24-18-11-14(3-5-15-8-10-23-12-17(15)22)4-6-16(18)20(26)25(19)13-21/h4,6,8,10-12H,7,9,13H2,1-2H3. The Bertz CT molecular complexity index is 1140. The van der Waals surface area contributed by atoms with Crippen molar-refractivity contribution < 1.29 is 4.39 Å². The zero-order chi connectivity index (χ0) is 18.3. The van der Waals surface area contributed by atoms with Gasteiger partial charge < -0.3 is 0 Å². The number of aryl methyl sites for hydroxylation is 1. The van der Waals surface area contributed by atoms with Gasteiger partial charge >= 0.3 is 0 Å². The normalized spacial score (nSPS) is 15.2. The molecule has 1 aromatic carbocycles. The maximum atomic E-state index is 13.6. The third-order valence-corrected chi connectivity index (χ3v) is 4.76. The Morgan fingerprint density at radius 2 is 2.08 bits per heavy atom. The quantitative estimate of drug-likeness (QED) is 0.586. The Hall–Kier alpha value is -3.00. The number of nitrogens with zero attached hydrogens (tertiary/aromatic N) is 3. The number of pyridine rings is 1. The van der Waals surface area contributed by atoms with Crippen LogP contribution in [0.15, 0.2) is 41.5 Å². The van der Waals surface area contributed by atoms with Crippen LogP contribution in [0.3, 0.4) is 0 Å². The number of halogens is 1. The fraction of sp³-hybridized carbons (Fsp3) is 0.286. The summed E-state index contributed by atoms with van der Waals surface area (Å²) >= 11 is 0. The first-order chi connectivity index (χ1) is 12.4. The molecule has 130 valence electrons. The van der Waals surface area contributed by atoms with Crippen LogP contribution in [0.1, 0.15) is 37.2 Å². The summed E-state index contributed by atoms with van der Waals surface area (Å²) in [5, 5.41) is 0.590. The van der Waals surface area contributed by atoms with Crippen LogP contribution in [0, 0.1) is 23.1 Å². The van der Waals surface area contributed by atoms with Crippen molar-refractivity contribution in [2.24, 2.45) is 5.41 Å². The Kier molecular flexibility index (Phi) is 3.84. The zero-order valence-corrected chi connectivity index (χ0v) is 14.7. The average molecular weight is 347 g/mol. The van der Waals surface area contributed by atoms with E-state index in [9.17, 15) is 9.18 Å². The van der Waals surface area contributed by atoms with Crippen molar-refractivity contribution in [3.8, 4) is 11.8 Å². The SMILES string of the molecule is CC1(C)CCc2nc3cc(C#Cc4ccncc4F)ccc3c(=O)n2C1. The topological polar surface area (TPSA) is 47.8 Å². The Morgan fingerprint density at radius 1 is 1.23 bits per heavy atom. The molecule has 0 saturated heterocycles. The van der Waals surface area contributed by atoms with Gasteiger partial charge in [-0.25, -0.2) is 9.37 Å². The maximum absolute atomic E-state index is 13.6. The summed E-state index contributed by atoms with van der Waals surface area (Å²) in [6.07, 6.45) is 4.44. The molecule has 5 heteroatoms. The maximum Gasteiger partial charge on any atom is 0.261 e. The largest absolute Gasteiger partial charge is 0.296 e. The van der Waals surface area contributed by atoms with Crippen LogP contribution in [-0.2, 0) is 13.0 Å². The van der Waals surface area contributed by atoms with E-state index in [0.717, 1.165) is 24.9 Å². The minimum absolute atomic E-state index is 0.00235. The van der Waals surface area contributed by atoms with Crippen molar-refractivity contribution in [1.29, 1.82) is 0 Å². The summed E-state index contributed by atoms with van der Waals surface area (Å²) in [6.45, 7) is 5.03. The number of benzene rings is 1. The van der Waals surface area contributed by atoms with Crippen molar-refractivity contribution >= 4 is 10.9 Å². The van der Waals surface area contributed by atoms with E-state index in [4.69, 9.17) is 0 Å². The second-order valence-corrected chi connectivity index (χ2v) is 7.42. The van der Waals surface area contributed by atoms with Crippen molar-refractivity contribution in [2.75, 3.05) is 0 Å². The summed E-state index contributed by atoms with van der Waals surface area (Å²) in [6, 6.07) is 6.86. The summed E-state index contributed by atoms with van der Waals surface area (Å²) in [4.78, 5) is 21.2. The lowest BCUT2D eigenvalue weighted by atomic mass is 9.85. The molecule has 2 aromatic heterocycles. The average Bonchev–Trinajstić information content (AvgIpc) is 2.61. The molecule has 3 heterocycles. The smallest absolute Gasteiger partial charge is 0.261 e. The predicted octanol–water partition coefficient (Wildman–Crippen LogP) is 3.30. The monoisotopic (exact) mass is 347 g/mol. The molecule has 1 aliphatic heterocycles. The molecule has 0 aliphatic carbocycles. The molecule has 0 radical (unpaired) electrons. The van der Waals surface area contributed by atoms with Gasteiger partial charge in [-0.05, 0) is 36.1 Å². The third kappa shape index (κ3) is 2.99. The number of aromatic nitrogens is 3. The van der Waals surface area contributed by atoms with Crippen LogP contribution < -0.4 is 5.56 Å². The highest BCUT2D eigenvalue weighted by Gasteiger charge is 2.27. The summed E-state index contributed by atoms with van der Waals surface area (Å²) in [7, 11) is 0. The summed E-state index contributed by atoms with van der Waals surface area (Å²) < 4.78 is 15.4. The molecule has 0 amide bonds. The van der Waals surface area contributed by atoms with Crippen LogP contribution in [0.2, 0.25) is 0 Å². The fourth-order valence-electron chi connectivity index (χ4n) is 3.27. The van der Waals surface area contributed by atoms with E-state index in [1.807, 2.05) is 0 Å². The van der Waals surface area contributed by atoms with Gasteiger partial charge in [-0.15, -0.1) is 0 Å². The van der Waals surface area contributed by atoms with E-state index in [1.54, 1.807) is 22.8 Å². The molecular weight excluding hydrogens is 329 g/mol. The first-order valence-corrected chi connectivity index (χ1v) is 8.58. The Morgan fingerprint density at radius 3 is 2.88 bits per heavy atom. The zero-order valence-electron chi connectivity index (χ0n) is 14.7. The minimum Gasteiger partial charge on any atom is -0.296 e. The fourth-order valence-corrected chi connectivity index (χ4v) is 3.27. The highest BCUT2D eigenvalue weighted by molar-refractivity contribution is 5.79. The van der Waals surface area contributed by atoms with E-state index < -0.39 is 5.82 Å². The highest BCUT2D eigenvalue weighted by atomic mass is 19.1. The molecule has 0 bridgehead atoms. The second-order valence-electron chi connectivity index (χ2n) is 7.42. The first-order valence-electron chi connectivity index (χ1n) is 8.58. The number of fused-ring (bicyclic) bond motifs is 2. The van der Waals surface area contributed by atoms with Crippen LogP contribution in [0.5, 0.6) is 0 Å². The molecule has 3 aromatic rings. The first kappa shape index (κ1) is 16.5. The van der Waals surface area contributed by atoms with Crippen molar-refractivity contribution in [2.45, 2.75) is 33.2 Å². The lowest BCUT2D eigenvalue weighted by molar-refractivity contribution is 0.240. The number of hydrogen-bond acceptors (Lipinski definition) is 3. The van der Waals surface area contributed by atoms with Gasteiger partial charge in [-0.2, -0.15) is 0 Å². The molecule has 0 N–H and O–H groups in total. The highest BCUT2D eigenvalue weighted by Crippen LogP contribution is 2.29. The van der Waals surface area contributed by atoms with Gasteiger partial charge in [0.25, 0.3) is 5.56 Å².